The van der Waals surface area contributed by atoms with Crippen molar-refractivity contribution in [2.45, 2.75) is 12.6 Å². The number of aliphatic hydroxyl groups excluding tert-OH is 1. The highest BCUT2D eigenvalue weighted by Crippen LogP contribution is 2.31. The van der Waals surface area contributed by atoms with Crippen molar-refractivity contribution in [2.75, 3.05) is 66.8 Å². The van der Waals surface area contributed by atoms with Gasteiger partial charge in [0.1, 0.15) is 18.5 Å². The van der Waals surface area contributed by atoms with Gasteiger partial charge in [0.15, 0.2) is 11.5 Å². The van der Waals surface area contributed by atoms with Gasteiger partial charge < -0.3 is 24.1 Å². The second kappa shape index (κ2) is 12.9. The molecule has 0 spiro atoms. The summed E-state index contributed by atoms with van der Waals surface area (Å²) in [6.45, 7) is 6.39. The largest absolute Gasteiger partial charge is 0.493 e. The molecule has 2 aromatic carbocycles. The number of aliphatic hydroxyl groups is 1. The summed E-state index contributed by atoms with van der Waals surface area (Å²) in [5, 5.41) is 11.3. The monoisotopic (exact) mass is 464 g/mol. The summed E-state index contributed by atoms with van der Waals surface area (Å²) in [5.41, 5.74) is 1.01. The maximum atomic E-state index is 10.7. The lowest BCUT2D eigenvalue weighted by Gasteiger charge is -2.31. The van der Waals surface area contributed by atoms with Gasteiger partial charge in [-0.3, -0.25) is 9.80 Å². The fourth-order valence-corrected chi connectivity index (χ4v) is 3.86. The number of rotatable bonds is 12. The maximum Gasteiger partial charge on any atom is 0.165 e. The Morgan fingerprint density at radius 3 is 2.53 bits per heavy atom. The highest BCUT2D eigenvalue weighted by molar-refractivity contribution is 6.30. The minimum Gasteiger partial charge on any atom is -0.493 e. The van der Waals surface area contributed by atoms with Gasteiger partial charge in [0.05, 0.1) is 27.4 Å². The van der Waals surface area contributed by atoms with E-state index in [0.29, 0.717) is 29.6 Å². The van der Waals surface area contributed by atoms with Gasteiger partial charge in [-0.1, -0.05) is 23.7 Å². The summed E-state index contributed by atoms with van der Waals surface area (Å²) >= 11 is 5.92. The van der Waals surface area contributed by atoms with Gasteiger partial charge in [0.2, 0.25) is 0 Å². The van der Waals surface area contributed by atoms with Crippen LogP contribution in [0.3, 0.4) is 0 Å². The molecule has 1 fully saturated rings. The molecule has 0 bridgehead atoms. The molecule has 0 radical (unpaired) electrons. The third-order valence-corrected chi connectivity index (χ3v) is 5.69. The van der Waals surface area contributed by atoms with Crippen LogP contribution in [0.15, 0.2) is 42.5 Å². The number of benzene rings is 2. The second-order valence-corrected chi connectivity index (χ2v) is 8.20. The average molecular weight is 465 g/mol. The summed E-state index contributed by atoms with van der Waals surface area (Å²) in [5.74, 6) is 2.10. The van der Waals surface area contributed by atoms with E-state index in [9.17, 15) is 5.11 Å². The minimum absolute atomic E-state index is 0.199. The van der Waals surface area contributed by atoms with Gasteiger partial charge in [-0.2, -0.15) is 0 Å². The highest BCUT2D eigenvalue weighted by Gasteiger charge is 2.19. The zero-order valence-corrected chi connectivity index (χ0v) is 19.6. The van der Waals surface area contributed by atoms with Crippen LogP contribution in [0.5, 0.6) is 17.2 Å². The molecule has 1 unspecified atom stereocenters. The quantitative estimate of drug-likeness (QED) is 0.518. The third-order valence-electron chi connectivity index (χ3n) is 5.44. The maximum absolute atomic E-state index is 10.7. The Labute approximate surface area is 195 Å². The molecule has 3 rings (SSSR count). The fourth-order valence-electron chi connectivity index (χ4n) is 3.74. The molecule has 176 valence electrons. The number of morpholine rings is 1. The van der Waals surface area contributed by atoms with Crippen molar-refractivity contribution in [3.63, 3.8) is 0 Å². The summed E-state index contributed by atoms with van der Waals surface area (Å²) in [6, 6.07) is 13.0. The van der Waals surface area contributed by atoms with Crippen LogP contribution < -0.4 is 14.2 Å². The Balaban J connectivity index is 1.63. The Hall–Kier alpha value is -2.03. The first-order chi connectivity index (χ1) is 15.6. The molecule has 0 aliphatic carbocycles. The van der Waals surface area contributed by atoms with E-state index in [1.165, 1.54) is 0 Å². The van der Waals surface area contributed by atoms with Gasteiger partial charge in [0, 0.05) is 49.9 Å². The molecular weight excluding hydrogens is 432 g/mol. The smallest absolute Gasteiger partial charge is 0.165 e. The molecule has 1 saturated heterocycles. The molecule has 1 aliphatic rings. The van der Waals surface area contributed by atoms with Crippen LogP contribution in [0.1, 0.15) is 5.56 Å². The second-order valence-electron chi connectivity index (χ2n) is 7.76. The van der Waals surface area contributed by atoms with E-state index >= 15 is 0 Å². The summed E-state index contributed by atoms with van der Waals surface area (Å²) in [4.78, 5) is 4.61. The Morgan fingerprint density at radius 2 is 1.84 bits per heavy atom. The van der Waals surface area contributed by atoms with E-state index in [1.54, 1.807) is 38.5 Å². The van der Waals surface area contributed by atoms with Crippen LogP contribution >= 0.6 is 11.6 Å². The van der Waals surface area contributed by atoms with Crippen LogP contribution in [0, 0.1) is 0 Å². The zero-order valence-electron chi connectivity index (χ0n) is 18.8. The van der Waals surface area contributed by atoms with Gasteiger partial charge in [-0.25, -0.2) is 0 Å². The van der Waals surface area contributed by atoms with Crippen LogP contribution in [-0.2, 0) is 11.3 Å². The number of para-hydroxylation sites is 1. The van der Waals surface area contributed by atoms with E-state index in [1.807, 2.05) is 18.2 Å². The first-order valence-corrected chi connectivity index (χ1v) is 11.3. The highest BCUT2D eigenvalue weighted by atomic mass is 35.5. The molecule has 1 atom stereocenters. The first-order valence-electron chi connectivity index (χ1n) is 10.9. The predicted octanol–water partition coefficient (Wildman–Crippen LogP) is 2.93. The Morgan fingerprint density at radius 1 is 1.09 bits per heavy atom. The Kier molecular flexibility index (Phi) is 9.89. The zero-order chi connectivity index (χ0) is 22.8. The lowest BCUT2D eigenvalue weighted by molar-refractivity contribution is 0.0255. The van der Waals surface area contributed by atoms with E-state index in [-0.39, 0.29) is 6.61 Å². The van der Waals surface area contributed by atoms with E-state index in [4.69, 9.17) is 30.5 Å². The van der Waals surface area contributed by atoms with Crippen molar-refractivity contribution in [1.29, 1.82) is 0 Å². The Bertz CT molecular complexity index is 815. The lowest BCUT2D eigenvalue weighted by Crippen LogP contribution is -2.43. The van der Waals surface area contributed by atoms with Gasteiger partial charge in [-0.15, -0.1) is 0 Å². The minimum atomic E-state index is -0.646. The molecule has 1 heterocycles. The van der Waals surface area contributed by atoms with Crippen LogP contribution in [0.2, 0.25) is 5.02 Å². The summed E-state index contributed by atoms with van der Waals surface area (Å²) < 4.78 is 22.2. The molecule has 1 aliphatic heterocycles. The average Bonchev–Trinajstić information content (AvgIpc) is 2.82. The topological polar surface area (TPSA) is 63.6 Å². The number of methoxy groups -OCH3 is 2. The normalized spacial score (nSPS) is 15.5. The lowest BCUT2D eigenvalue weighted by atomic mass is 10.1. The predicted molar refractivity (Wildman–Crippen MR) is 125 cm³/mol. The number of hydrogen-bond donors (Lipinski definition) is 1. The van der Waals surface area contributed by atoms with Crippen molar-refractivity contribution in [3.05, 3.63) is 53.1 Å². The number of hydrogen-bond acceptors (Lipinski definition) is 7. The standard InChI is InChI=1S/C24H33ClN2O5/c1-29-23-5-3-4-19(24(23)30-2)16-27(11-10-26-12-14-31-15-13-26)17-21(28)18-32-22-8-6-20(25)7-9-22/h3-9,21,28H,10-18H2,1-2H3. The van der Waals surface area contributed by atoms with Crippen molar-refractivity contribution < 1.29 is 24.1 Å². The molecule has 7 nitrogen and oxygen atoms in total. The number of ether oxygens (including phenoxy) is 4. The van der Waals surface area contributed by atoms with Crippen LogP contribution in [0.4, 0.5) is 0 Å². The van der Waals surface area contributed by atoms with E-state index < -0.39 is 6.10 Å². The molecule has 2 aromatic rings. The van der Waals surface area contributed by atoms with Crippen molar-refractivity contribution in [3.8, 4) is 17.2 Å². The van der Waals surface area contributed by atoms with Gasteiger partial charge >= 0.3 is 0 Å². The van der Waals surface area contributed by atoms with Crippen LogP contribution in [0.25, 0.3) is 0 Å². The summed E-state index contributed by atoms with van der Waals surface area (Å²) in [7, 11) is 3.28. The van der Waals surface area contributed by atoms with Crippen molar-refractivity contribution in [1.82, 2.24) is 9.80 Å². The molecule has 32 heavy (non-hydrogen) atoms. The molecule has 8 heteroatoms. The molecule has 0 saturated carbocycles. The first kappa shape index (κ1) is 24.6. The SMILES string of the molecule is COc1cccc(CN(CCN2CCOCC2)CC(O)COc2ccc(Cl)cc2)c1OC. The number of nitrogens with zero attached hydrogens (tertiary/aromatic N) is 2. The molecular formula is C24H33ClN2O5. The van der Waals surface area contributed by atoms with Crippen LogP contribution in [-0.4, -0.2) is 87.8 Å². The number of halogens is 1. The van der Waals surface area contributed by atoms with Gasteiger partial charge in [-0.05, 0) is 30.3 Å². The third kappa shape index (κ3) is 7.53. The summed E-state index contributed by atoms with van der Waals surface area (Å²) in [6.07, 6.45) is -0.646. The molecule has 0 amide bonds. The van der Waals surface area contributed by atoms with E-state index in [2.05, 4.69) is 9.80 Å². The van der Waals surface area contributed by atoms with Crippen molar-refractivity contribution in [2.24, 2.45) is 0 Å². The molecule has 0 aromatic heterocycles. The van der Waals surface area contributed by atoms with Gasteiger partial charge in [0.25, 0.3) is 0 Å². The van der Waals surface area contributed by atoms with Crippen molar-refractivity contribution >= 4 is 11.6 Å². The van der Waals surface area contributed by atoms with E-state index in [0.717, 1.165) is 50.7 Å². The fraction of sp³-hybridized carbons (Fsp3) is 0.500. The molecule has 1 N–H and O–H groups in total.